The third kappa shape index (κ3) is 3.53. The number of carbonyl (C=O) groups is 1. The van der Waals surface area contributed by atoms with E-state index in [4.69, 9.17) is 10.5 Å². The van der Waals surface area contributed by atoms with Gasteiger partial charge in [-0.15, -0.1) is 0 Å². The summed E-state index contributed by atoms with van der Waals surface area (Å²) >= 11 is 1.33. The molecule has 0 spiro atoms. The van der Waals surface area contributed by atoms with Gasteiger partial charge in [0.15, 0.2) is 11.4 Å². The fourth-order valence-corrected chi connectivity index (χ4v) is 3.63. The van der Waals surface area contributed by atoms with Crippen LogP contribution in [-0.2, 0) is 9.53 Å². The Morgan fingerprint density at radius 1 is 1.40 bits per heavy atom. The summed E-state index contributed by atoms with van der Waals surface area (Å²) in [7, 11) is 0. The van der Waals surface area contributed by atoms with Crippen LogP contribution in [0.5, 0.6) is 0 Å². The number of hydrogen-bond acceptors (Lipinski definition) is 9. The van der Waals surface area contributed by atoms with Crippen molar-refractivity contribution in [2.24, 2.45) is 0 Å². The van der Waals surface area contributed by atoms with E-state index in [1.54, 1.807) is 6.07 Å². The first-order valence-corrected chi connectivity index (χ1v) is 8.53. The third-order valence-corrected chi connectivity index (χ3v) is 4.88. The largest absolute Gasteiger partial charge is 0.394 e. The number of fused-ring (bicyclic) bond motifs is 1. The monoisotopic (exact) mass is 368 g/mol. The van der Waals surface area contributed by atoms with Gasteiger partial charge in [0, 0.05) is 6.92 Å². The molecule has 5 atom stereocenters. The molecule has 9 nitrogen and oxygen atoms in total. The number of hydrogen-bond donors (Lipinski definition) is 6. The molecule has 25 heavy (non-hydrogen) atoms. The van der Waals surface area contributed by atoms with Crippen LogP contribution in [0.3, 0.4) is 0 Å². The second kappa shape index (κ2) is 7.10. The molecule has 1 aromatic carbocycles. The molecule has 2 heterocycles. The number of aliphatic hydroxyl groups is 3. The molecule has 136 valence electrons. The van der Waals surface area contributed by atoms with E-state index in [1.165, 1.54) is 18.3 Å². The number of nitrogen functional groups attached to an aromatic ring is 1. The summed E-state index contributed by atoms with van der Waals surface area (Å²) in [6, 6.07) is 4.53. The van der Waals surface area contributed by atoms with E-state index in [-0.39, 0.29) is 5.91 Å². The molecule has 1 aromatic heterocycles. The summed E-state index contributed by atoms with van der Waals surface area (Å²) in [4.78, 5) is 15.7. The Kier molecular flexibility index (Phi) is 5.06. The molecule has 1 saturated heterocycles. The molecule has 0 radical (unpaired) electrons. The number of ether oxygens (including phenoxy) is 1. The van der Waals surface area contributed by atoms with Crippen LogP contribution in [0.2, 0.25) is 0 Å². The Morgan fingerprint density at radius 3 is 2.84 bits per heavy atom. The molecule has 0 aliphatic carbocycles. The topological polar surface area (TPSA) is 150 Å². The Hall–Kier alpha value is -1.98. The van der Waals surface area contributed by atoms with Crippen LogP contribution < -0.4 is 16.4 Å². The summed E-state index contributed by atoms with van der Waals surface area (Å²) in [6.45, 7) is 0.827. The molecule has 10 heteroatoms. The number of nitrogens with one attached hydrogen (secondary N) is 2. The number of amides is 1. The molecule has 3 rings (SSSR count). The standard InChI is InChI=1S/C15H20N4O5S/c1-6(21)17-11-13(23)12(22)8(5-20)24-14(11)18-7-3-2-4-9-10(7)19-15(16)25-9/h2-4,8,11-14,18,20,22-23H,5H2,1H3,(H2,16,19)(H,17,21)/t8?,11?,12-,13-,14-/m1/s1. The summed E-state index contributed by atoms with van der Waals surface area (Å²) in [6.07, 6.45) is -4.51. The normalized spacial score (nSPS) is 29.5. The highest BCUT2D eigenvalue weighted by atomic mass is 32.1. The van der Waals surface area contributed by atoms with E-state index in [9.17, 15) is 20.1 Å². The van der Waals surface area contributed by atoms with Crippen LogP contribution in [0.25, 0.3) is 10.2 Å². The first-order chi connectivity index (χ1) is 11.9. The summed E-state index contributed by atoms with van der Waals surface area (Å²) in [5, 5.41) is 35.8. The first kappa shape index (κ1) is 17.8. The Morgan fingerprint density at radius 2 is 2.16 bits per heavy atom. The van der Waals surface area contributed by atoms with Crippen LogP contribution >= 0.6 is 11.3 Å². The maximum absolute atomic E-state index is 11.5. The number of benzene rings is 1. The molecule has 7 N–H and O–H groups in total. The van der Waals surface area contributed by atoms with Crippen LogP contribution in [0.15, 0.2) is 18.2 Å². The van der Waals surface area contributed by atoms with Crippen molar-refractivity contribution >= 4 is 38.3 Å². The van der Waals surface area contributed by atoms with Gasteiger partial charge in [0.1, 0.15) is 29.9 Å². The predicted molar refractivity (Wildman–Crippen MR) is 93.0 cm³/mol. The lowest BCUT2D eigenvalue weighted by atomic mass is 9.95. The number of para-hydroxylation sites is 1. The Balaban J connectivity index is 1.92. The van der Waals surface area contributed by atoms with E-state index in [1.807, 2.05) is 12.1 Å². The van der Waals surface area contributed by atoms with E-state index >= 15 is 0 Å². The van der Waals surface area contributed by atoms with E-state index < -0.39 is 37.2 Å². The van der Waals surface area contributed by atoms with Crippen molar-refractivity contribution in [2.75, 3.05) is 17.7 Å². The predicted octanol–water partition coefficient (Wildman–Crippen LogP) is -0.766. The zero-order valence-electron chi connectivity index (χ0n) is 13.4. The number of thiazole rings is 1. The molecule has 0 bridgehead atoms. The average Bonchev–Trinajstić information content (AvgIpc) is 2.95. The van der Waals surface area contributed by atoms with Gasteiger partial charge in [-0.05, 0) is 12.1 Å². The molecule has 1 fully saturated rings. The van der Waals surface area contributed by atoms with Crippen LogP contribution in [-0.4, -0.2) is 63.4 Å². The van der Waals surface area contributed by atoms with Gasteiger partial charge in [0.25, 0.3) is 0 Å². The van der Waals surface area contributed by atoms with Crippen molar-refractivity contribution < 1.29 is 24.9 Å². The molecule has 1 aliphatic heterocycles. The minimum atomic E-state index is -1.33. The minimum absolute atomic E-state index is 0.384. The Bertz CT molecular complexity index is 769. The van der Waals surface area contributed by atoms with Gasteiger partial charge in [-0.25, -0.2) is 4.98 Å². The number of rotatable bonds is 4. The van der Waals surface area contributed by atoms with E-state index in [0.29, 0.717) is 16.3 Å². The highest BCUT2D eigenvalue weighted by Gasteiger charge is 2.44. The van der Waals surface area contributed by atoms with E-state index in [0.717, 1.165) is 4.70 Å². The lowest BCUT2D eigenvalue weighted by molar-refractivity contribution is -0.188. The van der Waals surface area contributed by atoms with Gasteiger partial charge in [-0.3, -0.25) is 4.79 Å². The number of nitrogens with two attached hydrogens (primary N) is 1. The second-order valence-electron chi connectivity index (χ2n) is 5.83. The molecule has 1 amide bonds. The van der Waals surface area contributed by atoms with Crippen LogP contribution in [0, 0.1) is 0 Å². The number of carbonyl (C=O) groups excluding carboxylic acids is 1. The highest BCUT2D eigenvalue weighted by Crippen LogP contribution is 2.31. The van der Waals surface area contributed by atoms with Crippen molar-refractivity contribution in [1.82, 2.24) is 10.3 Å². The fourth-order valence-electron chi connectivity index (χ4n) is 2.87. The minimum Gasteiger partial charge on any atom is -0.394 e. The zero-order chi connectivity index (χ0) is 18.1. The van der Waals surface area contributed by atoms with Crippen molar-refractivity contribution in [3.63, 3.8) is 0 Å². The molecule has 2 unspecified atom stereocenters. The van der Waals surface area contributed by atoms with Gasteiger partial charge >= 0.3 is 0 Å². The fraction of sp³-hybridized carbons (Fsp3) is 0.467. The van der Waals surface area contributed by atoms with Gasteiger partial charge < -0.3 is 36.4 Å². The van der Waals surface area contributed by atoms with Crippen LogP contribution in [0.4, 0.5) is 10.8 Å². The number of aliphatic hydroxyl groups excluding tert-OH is 3. The van der Waals surface area contributed by atoms with Gasteiger partial charge in [-0.2, -0.15) is 0 Å². The molecular weight excluding hydrogens is 348 g/mol. The molecular formula is C15H20N4O5S. The Labute approximate surface area is 147 Å². The van der Waals surface area contributed by atoms with Crippen molar-refractivity contribution in [1.29, 1.82) is 0 Å². The van der Waals surface area contributed by atoms with Crippen molar-refractivity contribution in [2.45, 2.75) is 37.5 Å². The maximum Gasteiger partial charge on any atom is 0.217 e. The quantitative estimate of drug-likeness (QED) is 0.412. The number of anilines is 2. The second-order valence-corrected chi connectivity index (χ2v) is 6.90. The summed E-state index contributed by atoms with van der Waals surface area (Å²) in [5.74, 6) is -0.384. The van der Waals surface area contributed by atoms with Gasteiger partial charge in [-0.1, -0.05) is 17.4 Å². The third-order valence-electron chi connectivity index (χ3n) is 4.03. The zero-order valence-corrected chi connectivity index (χ0v) is 14.2. The van der Waals surface area contributed by atoms with Gasteiger partial charge in [0.2, 0.25) is 5.91 Å². The lowest BCUT2D eigenvalue weighted by Gasteiger charge is -2.43. The number of nitrogens with zero attached hydrogens (tertiary/aromatic N) is 1. The SMILES string of the molecule is CC(=O)NC1[C@H](Nc2cccc3sc(N)nc23)OC(CO)[C@@H](O)[C@@H]1O. The molecule has 1 aliphatic rings. The van der Waals surface area contributed by atoms with Crippen molar-refractivity contribution in [3.05, 3.63) is 18.2 Å². The van der Waals surface area contributed by atoms with Gasteiger partial charge in [0.05, 0.1) is 17.0 Å². The van der Waals surface area contributed by atoms with Crippen LogP contribution in [0.1, 0.15) is 6.92 Å². The molecule has 0 saturated carbocycles. The molecule has 2 aromatic rings. The average molecular weight is 368 g/mol. The van der Waals surface area contributed by atoms with Crippen molar-refractivity contribution in [3.8, 4) is 0 Å². The maximum atomic E-state index is 11.5. The highest BCUT2D eigenvalue weighted by molar-refractivity contribution is 7.22. The van der Waals surface area contributed by atoms with E-state index in [2.05, 4.69) is 15.6 Å². The lowest BCUT2D eigenvalue weighted by Crippen LogP contribution is -2.65. The number of aromatic nitrogens is 1. The summed E-state index contributed by atoms with van der Waals surface area (Å²) in [5.41, 5.74) is 6.99. The smallest absolute Gasteiger partial charge is 0.217 e. The first-order valence-electron chi connectivity index (χ1n) is 7.72. The summed E-state index contributed by atoms with van der Waals surface area (Å²) < 4.78 is 6.52.